The molecule has 140 valence electrons. The van der Waals surface area contributed by atoms with E-state index in [0.717, 1.165) is 53.5 Å². The quantitative estimate of drug-likeness (QED) is 0.747. The first kappa shape index (κ1) is 16.8. The molecule has 1 saturated carbocycles. The summed E-state index contributed by atoms with van der Waals surface area (Å²) in [6.07, 6.45) is 7.84. The number of hydrogen-bond acceptors (Lipinski definition) is 3. The first-order chi connectivity index (χ1) is 13.1. The van der Waals surface area contributed by atoms with E-state index in [4.69, 9.17) is 10.8 Å². The first-order valence-electron chi connectivity index (χ1n) is 10.1. The summed E-state index contributed by atoms with van der Waals surface area (Å²) < 4.78 is 1.80. The van der Waals surface area contributed by atoms with Gasteiger partial charge in [-0.15, -0.1) is 0 Å². The maximum Gasteiger partial charge on any atom is 0.253 e. The van der Waals surface area contributed by atoms with Gasteiger partial charge in [-0.25, -0.2) is 0 Å². The predicted octanol–water partition coefficient (Wildman–Crippen LogP) is 3.61. The summed E-state index contributed by atoms with van der Waals surface area (Å²) in [7, 11) is 1.90. The predicted molar refractivity (Wildman–Crippen MR) is 108 cm³/mol. The fourth-order valence-electron chi connectivity index (χ4n) is 4.70. The van der Waals surface area contributed by atoms with Gasteiger partial charge in [0.05, 0.1) is 0 Å². The van der Waals surface area contributed by atoms with E-state index in [9.17, 15) is 4.79 Å². The van der Waals surface area contributed by atoms with Gasteiger partial charge in [-0.1, -0.05) is 30.7 Å². The van der Waals surface area contributed by atoms with E-state index >= 15 is 0 Å². The molecule has 2 aromatic heterocycles. The standard InChI is InChI=1S/C22H26N4O/c1-26-21-18(16-7-2-3-8-17(16)22(27)24-21)20(25-26)15-11-9-14(10-12-15)19(23)13-5-4-6-13/h9-13,19H,2-8,23H2,1H3,(H,24,27). The number of nitrogens with zero attached hydrogens (tertiary/aromatic N) is 2. The largest absolute Gasteiger partial charge is 0.324 e. The molecule has 1 atom stereocenters. The van der Waals surface area contributed by atoms with Crippen molar-refractivity contribution in [3.05, 3.63) is 51.3 Å². The lowest BCUT2D eigenvalue weighted by Crippen LogP contribution is -2.26. The fraction of sp³-hybridized carbons (Fsp3) is 0.455. The third-order valence-electron chi connectivity index (χ3n) is 6.55. The Morgan fingerprint density at radius 2 is 1.81 bits per heavy atom. The van der Waals surface area contributed by atoms with E-state index in [0.29, 0.717) is 5.92 Å². The van der Waals surface area contributed by atoms with Crippen LogP contribution in [0.2, 0.25) is 0 Å². The molecule has 5 heteroatoms. The number of nitrogens with one attached hydrogen (secondary N) is 1. The minimum absolute atomic E-state index is 0.0496. The lowest BCUT2D eigenvalue weighted by Gasteiger charge is -2.31. The Morgan fingerprint density at radius 3 is 2.48 bits per heavy atom. The highest BCUT2D eigenvalue weighted by Crippen LogP contribution is 2.37. The van der Waals surface area contributed by atoms with E-state index < -0.39 is 0 Å². The molecule has 0 radical (unpaired) electrons. The van der Waals surface area contributed by atoms with E-state index in [1.165, 1.54) is 30.4 Å². The average Bonchev–Trinajstić information content (AvgIpc) is 2.97. The van der Waals surface area contributed by atoms with E-state index in [2.05, 4.69) is 29.2 Å². The zero-order valence-electron chi connectivity index (χ0n) is 15.8. The van der Waals surface area contributed by atoms with Gasteiger partial charge < -0.3 is 10.7 Å². The molecule has 3 aromatic rings. The van der Waals surface area contributed by atoms with Crippen LogP contribution in [0.25, 0.3) is 22.3 Å². The molecule has 2 heterocycles. The molecule has 0 amide bonds. The molecule has 2 aliphatic rings. The van der Waals surface area contributed by atoms with Gasteiger partial charge in [-0.2, -0.15) is 5.10 Å². The number of nitrogens with two attached hydrogens (primary N) is 1. The Hall–Kier alpha value is -2.40. The van der Waals surface area contributed by atoms with Crippen LogP contribution in [-0.4, -0.2) is 14.8 Å². The van der Waals surface area contributed by atoms with Crippen molar-refractivity contribution in [1.82, 2.24) is 14.8 Å². The molecule has 0 bridgehead atoms. The lowest BCUT2D eigenvalue weighted by atomic mass is 9.77. The summed E-state index contributed by atoms with van der Waals surface area (Å²) in [6, 6.07) is 8.71. The van der Waals surface area contributed by atoms with Gasteiger partial charge in [0, 0.05) is 29.6 Å². The summed E-state index contributed by atoms with van der Waals surface area (Å²) in [4.78, 5) is 15.5. The van der Waals surface area contributed by atoms with Gasteiger partial charge in [0.1, 0.15) is 11.3 Å². The van der Waals surface area contributed by atoms with Crippen molar-refractivity contribution in [3.8, 4) is 11.3 Å². The highest BCUT2D eigenvalue weighted by molar-refractivity contribution is 5.94. The smallest absolute Gasteiger partial charge is 0.253 e. The number of fused-ring (bicyclic) bond motifs is 3. The number of benzene rings is 1. The highest BCUT2D eigenvalue weighted by atomic mass is 16.1. The number of rotatable bonds is 3. The molecule has 1 fully saturated rings. The van der Waals surface area contributed by atoms with Crippen LogP contribution >= 0.6 is 0 Å². The molecular weight excluding hydrogens is 336 g/mol. The Morgan fingerprint density at radius 1 is 1.11 bits per heavy atom. The number of H-pyrrole nitrogens is 1. The summed E-state index contributed by atoms with van der Waals surface area (Å²) in [6.45, 7) is 0. The van der Waals surface area contributed by atoms with Gasteiger partial charge in [0.15, 0.2) is 0 Å². The van der Waals surface area contributed by atoms with Crippen LogP contribution in [0.3, 0.4) is 0 Å². The van der Waals surface area contributed by atoms with Crippen molar-refractivity contribution in [1.29, 1.82) is 0 Å². The average molecular weight is 362 g/mol. The van der Waals surface area contributed by atoms with Gasteiger partial charge >= 0.3 is 0 Å². The van der Waals surface area contributed by atoms with Crippen molar-refractivity contribution >= 4 is 11.0 Å². The van der Waals surface area contributed by atoms with Crippen molar-refractivity contribution in [2.24, 2.45) is 18.7 Å². The van der Waals surface area contributed by atoms with Crippen LogP contribution in [0.5, 0.6) is 0 Å². The summed E-state index contributed by atoms with van der Waals surface area (Å²) in [5.41, 5.74) is 12.7. The number of aromatic amines is 1. The van der Waals surface area contributed by atoms with Gasteiger partial charge in [0.25, 0.3) is 5.56 Å². The highest BCUT2D eigenvalue weighted by Gasteiger charge is 2.26. The molecule has 3 N–H and O–H groups in total. The molecule has 0 spiro atoms. The Kier molecular flexibility index (Phi) is 3.93. The van der Waals surface area contributed by atoms with Gasteiger partial charge in [-0.05, 0) is 55.6 Å². The van der Waals surface area contributed by atoms with Crippen molar-refractivity contribution in [2.75, 3.05) is 0 Å². The van der Waals surface area contributed by atoms with E-state index in [1.54, 1.807) is 4.68 Å². The molecule has 0 aliphatic heterocycles. The van der Waals surface area contributed by atoms with Crippen LogP contribution in [0.1, 0.15) is 54.8 Å². The van der Waals surface area contributed by atoms with Crippen molar-refractivity contribution in [2.45, 2.75) is 51.0 Å². The second-order valence-corrected chi connectivity index (χ2v) is 8.15. The van der Waals surface area contributed by atoms with E-state index in [1.807, 2.05) is 7.05 Å². The van der Waals surface area contributed by atoms with E-state index in [-0.39, 0.29) is 11.6 Å². The zero-order valence-corrected chi connectivity index (χ0v) is 15.8. The molecule has 2 aliphatic carbocycles. The third kappa shape index (κ3) is 2.64. The number of aromatic nitrogens is 3. The third-order valence-corrected chi connectivity index (χ3v) is 6.55. The first-order valence-corrected chi connectivity index (χ1v) is 10.1. The molecule has 5 nitrogen and oxygen atoms in total. The maximum absolute atomic E-state index is 12.5. The normalized spacial score (nSPS) is 18.3. The van der Waals surface area contributed by atoms with Crippen molar-refractivity contribution in [3.63, 3.8) is 0 Å². The minimum Gasteiger partial charge on any atom is -0.324 e. The van der Waals surface area contributed by atoms with Crippen LogP contribution in [0.15, 0.2) is 29.1 Å². The summed E-state index contributed by atoms with van der Waals surface area (Å²) in [5.74, 6) is 0.628. The van der Waals surface area contributed by atoms with Crippen LogP contribution in [0, 0.1) is 5.92 Å². The zero-order chi connectivity index (χ0) is 18.5. The van der Waals surface area contributed by atoms with Crippen LogP contribution in [-0.2, 0) is 19.9 Å². The van der Waals surface area contributed by atoms with Crippen LogP contribution in [0.4, 0.5) is 0 Å². The second kappa shape index (κ2) is 6.34. The van der Waals surface area contributed by atoms with Gasteiger partial charge in [-0.3, -0.25) is 9.48 Å². The molecule has 1 unspecified atom stereocenters. The minimum atomic E-state index is 0.0496. The van der Waals surface area contributed by atoms with Gasteiger partial charge in [0.2, 0.25) is 0 Å². The summed E-state index contributed by atoms with van der Waals surface area (Å²) >= 11 is 0. The molecule has 0 saturated heterocycles. The number of hydrogen-bond donors (Lipinski definition) is 2. The molecule has 1 aromatic carbocycles. The van der Waals surface area contributed by atoms with Crippen LogP contribution < -0.4 is 11.3 Å². The monoisotopic (exact) mass is 362 g/mol. The Bertz CT molecular complexity index is 1060. The second-order valence-electron chi connectivity index (χ2n) is 8.15. The molecular formula is C22H26N4O. The fourth-order valence-corrected chi connectivity index (χ4v) is 4.70. The SMILES string of the molecule is Cn1nc(-c2ccc(C(N)C3CCC3)cc2)c2c3c(c(=O)[nH]c21)CCCC3. The summed E-state index contributed by atoms with van der Waals surface area (Å²) in [5, 5.41) is 5.88. The number of pyridine rings is 1. The molecule has 5 rings (SSSR count). The number of aryl methyl sites for hydroxylation is 2. The maximum atomic E-state index is 12.5. The molecule has 27 heavy (non-hydrogen) atoms. The Labute approximate surface area is 158 Å². The topological polar surface area (TPSA) is 76.7 Å². The van der Waals surface area contributed by atoms with Crippen molar-refractivity contribution < 1.29 is 0 Å². The Balaban J connectivity index is 1.61. The lowest BCUT2D eigenvalue weighted by molar-refractivity contribution is 0.264.